The summed E-state index contributed by atoms with van der Waals surface area (Å²) in [6.07, 6.45) is 0.620. The fourth-order valence-electron chi connectivity index (χ4n) is 4.08. The van der Waals surface area contributed by atoms with E-state index in [4.69, 9.17) is 37.9 Å². The largest absolute Gasteiger partial charge is 0.493 e. The van der Waals surface area contributed by atoms with Crippen molar-refractivity contribution in [1.82, 2.24) is 0 Å². The zero-order valence-electron chi connectivity index (χ0n) is 25.7. The Bertz CT molecular complexity index is 1540. The van der Waals surface area contributed by atoms with Crippen molar-refractivity contribution in [2.45, 2.75) is 33.0 Å². The minimum absolute atomic E-state index is 0.0856. The van der Waals surface area contributed by atoms with Crippen molar-refractivity contribution in [1.29, 1.82) is 0 Å². The molecule has 0 aliphatic heterocycles. The van der Waals surface area contributed by atoms with Gasteiger partial charge in [0.05, 0.1) is 21.3 Å². The maximum absolute atomic E-state index is 12.7. The smallest absolute Gasteiger partial charge is 0.336 e. The maximum Gasteiger partial charge on any atom is 0.336 e. The highest BCUT2D eigenvalue weighted by atomic mass is 16.6. The van der Waals surface area contributed by atoms with Crippen LogP contribution in [0.5, 0.6) is 34.5 Å². The standard InChI is InChI=1S/C33H34O12/c1-20(34)41-19-31(44-26-10-8-7-9-25(26)38-4)33(43-22(3)36)24-13-15-28(30(18-24)40-6)45-32(37)16-12-23-11-14-27(42-21(2)35)29(17-23)39-5/h7-18,31,33H,19H2,1-6H3/b16-12+/t31-,33+/m0/s1. The summed E-state index contributed by atoms with van der Waals surface area (Å²) in [7, 11) is 4.28. The van der Waals surface area contributed by atoms with Crippen molar-refractivity contribution in [3.8, 4) is 34.5 Å². The lowest BCUT2D eigenvalue weighted by Gasteiger charge is -2.28. The van der Waals surface area contributed by atoms with Gasteiger partial charge in [-0.3, -0.25) is 14.4 Å². The first-order valence-electron chi connectivity index (χ1n) is 13.6. The molecule has 0 heterocycles. The number of hydrogen-bond donors (Lipinski definition) is 0. The first kappa shape index (κ1) is 34.0. The fraction of sp³-hybridized carbons (Fsp3) is 0.273. The van der Waals surface area contributed by atoms with E-state index in [2.05, 4.69) is 0 Å². The zero-order valence-corrected chi connectivity index (χ0v) is 25.7. The molecule has 238 valence electrons. The molecule has 0 bridgehead atoms. The molecule has 2 atom stereocenters. The quantitative estimate of drug-likeness (QED) is 0.137. The fourth-order valence-corrected chi connectivity index (χ4v) is 4.08. The van der Waals surface area contributed by atoms with E-state index < -0.39 is 36.1 Å². The van der Waals surface area contributed by atoms with E-state index >= 15 is 0 Å². The van der Waals surface area contributed by atoms with E-state index in [0.717, 1.165) is 0 Å². The lowest BCUT2D eigenvalue weighted by molar-refractivity contribution is -0.157. The molecule has 45 heavy (non-hydrogen) atoms. The van der Waals surface area contributed by atoms with Crippen molar-refractivity contribution >= 4 is 30.0 Å². The Morgan fingerprint density at radius 1 is 0.667 bits per heavy atom. The Labute approximate surface area is 260 Å². The van der Waals surface area contributed by atoms with Gasteiger partial charge in [-0.25, -0.2) is 4.79 Å². The summed E-state index contributed by atoms with van der Waals surface area (Å²) in [5.74, 6) is -0.853. The highest BCUT2D eigenvalue weighted by molar-refractivity contribution is 5.89. The zero-order chi connectivity index (χ0) is 32.9. The van der Waals surface area contributed by atoms with Gasteiger partial charge in [0.2, 0.25) is 0 Å². The maximum atomic E-state index is 12.7. The third-order valence-electron chi connectivity index (χ3n) is 6.01. The van der Waals surface area contributed by atoms with Gasteiger partial charge in [-0.05, 0) is 48.0 Å². The predicted octanol–water partition coefficient (Wildman–Crippen LogP) is 4.87. The lowest BCUT2D eigenvalue weighted by atomic mass is 10.0. The molecular formula is C33H34O12. The van der Waals surface area contributed by atoms with Crippen LogP contribution in [-0.2, 0) is 28.7 Å². The monoisotopic (exact) mass is 622 g/mol. The van der Waals surface area contributed by atoms with E-state index in [0.29, 0.717) is 28.4 Å². The van der Waals surface area contributed by atoms with Crippen molar-refractivity contribution in [2.24, 2.45) is 0 Å². The molecule has 0 N–H and O–H groups in total. The molecule has 12 heteroatoms. The third-order valence-corrected chi connectivity index (χ3v) is 6.01. The Hall–Kier alpha value is -5.52. The second-order valence-corrected chi connectivity index (χ2v) is 9.31. The van der Waals surface area contributed by atoms with Gasteiger partial charge in [0.1, 0.15) is 6.61 Å². The number of methoxy groups -OCH3 is 3. The number of carbonyl (C=O) groups is 4. The molecule has 3 aromatic carbocycles. The van der Waals surface area contributed by atoms with Gasteiger partial charge in [0.15, 0.2) is 46.7 Å². The van der Waals surface area contributed by atoms with E-state index in [1.54, 1.807) is 48.5 Å². The van der Waals surface area contributed by atoms with Crippen LogP contribution in [0.2, 0.25) is 0 Å². The second-order valence-electron chi connectivity index (χ2n) is 9.31. The molecule has 0 spiro atoms. The van der Waals surface area contributed by atoms with Gasteiger partial charge in [-0.1, -0.05) is 24.3 Å². The summed E-state index contributed by atoms with van der Waals surface area (Å²) >= 11 is 0. The molecule has 0 saturated heterocycles. The number of esters is 4. The van der Waals surface area contributed by atoms with Gasteiger partial charge >= 0.3 is 23.9 Å². The van der Waals surface area contributed by atoms with Crippen molar-refractivity contribution < 1.29 is 57.1 Å². The van der Waals surface area contributed by atoms with E-state index in [1.807, 2.05) is 0 Å². The highest BCUT2D eigenvalue weighted by Gasteiger charge is 2.31. The summed E-state index contributed by atoms with van der Waals surface area (Å²) in [5.41, 5.74) is 0.990. The number of benzene rings is 3. The molecule has 0 saturated carbocycles. The highest BCUT2D eigenvalue weighted by Crippen LogP contribution is 2.36. The topological polar surface area (TPSA) is 142 Å². The van der Waals surface area contributed by atoms with Gasteiger partial charge in [-0.15, -0.1) is 0 Å². The van der Waals surface area contributed by atoms with Crippen LogP contribution in [0.4, 0.5) is 0 Å². The molecule has 0 unspecified atom stereocenters. The van der Waals surface area contributed by atoms with Crippen LogP contribution in [0.3, 0.4) is 0 Å². The van der Waals surface area contributed by atoms with Crippen molar-refractivity contribution in [3.63, 3.8) is 0 Å². The molecule has 3 rings (SSSR count). The molecule has 0 radical (unpaired) electrons. The summed E-state index contributed by atoms with van der Waals surface area (Å²) in [4.78, 5) is 47.8. The number of hydrogen-bond acceptors (Lipinski definition) is 12. The van der Waals surface area contributed by atoms with Gasteiger partial charge in [0, 0.05) is 32.4 Å². The summed E-state index contributed by atoms with van der Waals surface area (Å²) in [5, 5.41) is 0. The predicted molar refractivity (Wildman–Crippen MR) is 161 cm³/mol. The average Bonchev–Trinajstić information content (AvgIpc) is 3.01. The van der Waals surface area contributed by atoms with Crippen molar-refractivity contribution in [2.75, 3.05) is 27.9 Å². The lowest BCUT2D eigenvalue weighted by Crippen LogP contribution is -2.34. The summed E-state index contributed by atoms with van der Waals surface area (Å²) < 4.78 is 43.7. The molecule has 0 aromatic heterocycles. The number of para-hydroxylation sites is 2. The summed E-state index contributed by atoms with van der Waals surface area (Å²) in [6.45, 7) is 3.49. The van der Waals surface area contributed by atoms with Crippen LogP contribution < -0.4 is 28.4 Å². The number of carbonyl (C=O) groups excluding carboxylic acids is 4. The van der Waals surface area contributed by atoms with Crippen LogP contribution in [0.25, 0.3) is 6.08 Å². The molecule has 3 aromatic rings. The second kappa shape index (κ2) is 16.4. The number of ether oxygens (including phenoxy) is 8. The molecule has 12 nitrogen and oxygen atoms in total. The first-order valence-corrected chi connectivity index (χ1v) is 13.6. The molecule has 0 fully saturated rings. The Morgan fingerprint density at radius 3 is 1.91 bits per heavy atom. The third kappa shape index (κ3) is 10.0. The van der Waals surface area contributed by atoms with E-state index in [-0.39, 0.29) is 23.9 Å². The van der Waals surface area contributed by atoms with Gasteiger partial charge < -0.3 is 37.9 Å². The van der Waals surface area contributed by atoms with Crippen LogP contribution in [0.1, 0.15) is 38.0 Å². The van der Waals surface area contributed by atoms with E-state index in [9.17, 15) is 19.2 Å². The molecular weight excluding hydrogens is 588 g/mol. The Kier molecular flexibility index (Phi) is 12.4. The minimum atomic E-state index is -1.07. The van der Waals surface area contributed by atoms with Crippen LogP contribution in [0, 0.1) is 0 Å². The van der Waals surface area contributed by atoms with Gasteiger partial charge in [-0.2, -0.15) is 0 Å². The van der Waals surface area contributed by atoms with Crippen LogP contribution in [0.15, 0.2) is 66.7 Å². The Balaban J connectivity index is 1.87. The summed E-state index contributed by atoms with van der Waals surface area (Å²) in [6, 6.07) is 16.2. The average molecular weight is 623 g/mol. The van der Waals surface area contributed by atoms with E-state index in [1.165, 1.54) is 66.4 Å². The molecule has 0 amide bonds. The number of rotatable bonds is 14. The van der Waals surface area contributed by atoms with Crippen LogP contribution >= 0.6 is 0 Å². The van der Waals surface area contributed by atoms with Crippen LogP contribution in [-0.4, -0.2) is 57.9 Å². The van der Waals surface area contributed by atoms with Gasteiger partial charge in [0.25, 0.3) is 0 Å². The van der Waals surface area contributed by atoms with Crippen molar-refractivity contribution in [3.05, 3.63) is 77.9 Å². The SMILES string of the molecule is COc1cc(/C=C/C(=O)Oc2ccc([C@@H](OC(C)=O)[C@H](COC(C)=O)Oc3ccccc3OC)cc2OC)ccc1OC(C)=O. The normalized spacial score (nSPS) is 12.0. The molecule has 0 aliphatic rings. The molecule has 0 aliphatic carbocycles. The first-order chi connectivity index (χ1) is 21.5. The minimum Gasteiger partial charge on any atom is -0.493 e. The Morgan fingerprint density at radius 2 is 1.29 bits per heavy atom.